The Morgan fingerprint density at radius 2 is 1.89 bits per heavy atom. The molecule has 0 saturated carbocycles. The van der Waals surface area contributed by atoms with Gasteiger partial charge >= 0.3 is 12.6 Å². The molecular weight excluding hydrogens is 376 g/mol. The Morgan fingerprint density at radius 3 is 2.50 bits per heavy atom. The monoisotopic (exact) mass is 391 g/mol. The normalized spacial score (nSPS) is 19.1. The number of carbonyl (C=O) groups excluding carboxylic acids is 2. The average molecular weight is 391 g/mol. The van der Waals surface area contributed by atoms with Crippen LogP contribution in [0.5, 0.6) is 5.75 Å². The molecule has 1 aliphatic rings. The Kier molecular flexibility index (Phi) is 4.95. The third-order valence-corrected chi connectivity index (χ3v) is 4.39. The van der Waals surface area contributed by atoms with Crippen LogP contribution in [0.25, 0.3) is 0 Å². The van der Waals surface area contributed by atoms with E-state index in [9.17, 15) is 28.5 Å². The first-order valence-electron chi connectivity index (χ1n) is 8.13. The highest BCUT2D eigenvalue weighted by molar-refractivity contribution is 6.07. The lowest BCUT2D eigenvalue weighted by molar-refractivity contribution is -0.384. The Hall–Kier alpha value is -3.56. The van der Waals surface area contributed by atoms with Gasteiger partial charge in [0.2, 0.25) is 0 Å². The van der Waals surface area contributed by atoms with E-state index >= 15 is 0 Å². The lowest BCUT2D eigenvalue weighted by atomic mass is 9.92. The van der Waals surface area contributed by atoms with Crippen LogP contribution in [0.4, 0.5) is 19.3 Å². The molecule has 8 nitrogen and oxygen atoms in total. The molecule has 2 aromatic rings. The minimum atomic E-state index is -2.97. The van der Waals surface area contributed by atoms with Crippen LogP contribution in [-0.4, -0.2) is 28.4 Å². The van der Waals surface area contributed by atoms with Crippen LogP contribution in [0.1, 0.15) is 18.1 Å². The van der Waals surface area contributed by atoms with E-state index in [2.05, 4.69) is 10.1 Å². The number of carbonyl (C=O) groups is 2. The predicted molar refractivity (Wildman–Crippen MR) is 92.6 cm³/mol. The Labute approximate surface area is 157 Å². The van der Waals surface area contributed by atoms with Gasteiger partial charge in [-0.15, -0.1) is 0 Å². The van der Waals surface area contributed by atoms with Crippen molar-refractivity contribution in [3.8, 4) is 5.75 Å². The first kappa shape index (κ1) is 19.2. The van der Waals surface area contributed by atoms with Crippen molar-refractivity contribution >= 4 is 17.6 Å². The molecule has 2 aromatic carbocycles. The maximum Gasteiger partial charge on any atom is 0.387 e. The van der Waals surface area contributed by atoms with E-state index in [0.29, 0.717) is 11.1 Å². The van der Waals surface area contributed by atoms with Gasteiger partial charge in [-0.1, -0.05) is 24.3 Å². The van der Waals surface area contributed by atoms with Gasteiger partial charge in [-0.25, -0.2) is 4.79 Å². The number of nitro benzene ring substituents is 1. The van der Waals surface area contributed by atoms with Gasteiger partial charge in [0.05, 0.1) is 11.5 Å². The Bertz CT molecular complexity index is 935. The molecule has 146 valence electrons. The summed E-state index contributed by atoms with van der Waals surface area (Å²) >= 11 is 0. The molecule has 0 aromatic heterocycles. The van der Waals surface area contributed by atoms with E-state index in [-0.39, 0.29) is 18.0 Å². The number of hydrogen-bond acceptors (Lipinski definition) is 5. The van der Waals surface area contributed by atoms with Crippen molar-refractivity contribution in [2.24, 2.45) is 0 Å². The lowest BCUT2D eigenvalue weighted by Crippen LogP contribution is -2.40. The summed E-state index contributed by atoms with van der Waals surface area (Å²) in [6.07, 6.45) is 0. The summed E-state index contributed by atoms with van der Waals surface area (Å²) in [6.45, 7) is -1.63. The Morgan fingerprint density at radius 1 is 1.21 bits per heavy atom. The van der Waals surface area contributed by atoms with Crippen LogP contribution in [0.15, 0.2) is 48.5 Å². The van der Waals surface area contributed by atoms with Gasteiger partial charge in [0.15, 0.2) is 0 Å². The molecule has 0 radical (unpaired) electrons. The average Bonchev–Trinajstić information content (AvgIpc) is 2.86. The van der Waals surface area contributed by atoms with Crippen LogP contribution in [0.3, 0.4) is 0 Å². The highest BCUT2D eigenvalue weighted by atomic mass is 19.3. The number of nitrogens with one attached hydrogen (secondary N) is 1. The zero-order chi connectivity index (χ0) is 20.5. The molecular formula is C18H15F2N3O5. The Balaban J connectivity index is 1.82. The van der Waals surface area contributed by atoms with Crippen molar-refractivity contribution in [1.29, 1.82) is 0 Å². The minimum absolute atomic E-state index is 0.0763. The van der Waals surface area contributed by atoms with Crippen LogP contribution in [0.2, 0.25) is 0 Å². The first-order valence-corrected chi connectivity index (χ1v) is 8.13. The number of non-ortho nitro benzene ring substituents is 1. The van der Waals surface area contributed by atoms with Crippen LogP contribution in [0, 0.1) is 10.1 Å². The number of benzene rings is 2. The summed E-state index contributed by atoms with van der Waals surface area (Å²) in [5.41, 5.74) is -0.750. The molecule has 1 unspecified atom stereocenters. The molecule has 10 heteroatoms. The van der Waals surface area contributed by atoms with Crippen molar-refractivity contribution in [3.05, 3.63) is 69.8 Å². The number of alkyl halides is 2. The standard InChI is InChI=1S/C18H15F2N3O5/c1-18(12-5-7-14(8-6-12)28-16(19)20)15(24)22(17(25)21-18)10-11-3-2-4-13(9-11)23(26)27/h2-9,16H,10H2,1H3,(H,21,25). The summed E-state index contributed by atoms with van der Waals surface area (Å²) in [5.74, 6) is -0.640. The largest absolute Gasteiger partial charge is 0.435 e. The highest BCUT2D eigenvalue weighted by Crippen LogP contribution is 2.31. The van der Waals surface area contributed by atoms with Crippen molar-refractivity contribution in [2.45, 2.75) is 25.6 Å². The zero-order valence-corrected chi connectivity index (χ0v) is 14.6. The molecule has 1 aliphatic heterocycles. The molecule has 28 heavy (non-hydrogen) atoms. The quantitative estimate of drug-likeness (QED) is 0.463. The summed E-state index contributed by atoms with van der Waals surface area (Å²) < 4.78 is 28.8. The van der Waals surface area contributed by atoms with E-state index in [1.54, 1.807) is 6.07 Å². The van der Waals surface area contributed by atoms with Gasteiger partial charge in [0.1, 0.15) is 11.3 Å². The van der Waals surface area contributed by atoms with Crippen molar-refractivity contribution < 1.29 is 28.0 Å². The topological polar surface area (TPSA) is 102 Å². The van der Waals surface area contributed by atoms with Crippen LogP contribution < -0.4 is 10.1 Å². The number of halogens is 2. The second-order valence-corrected chi connectivity index (χ2v) is 6.28. The first-order chi connectivity index (χ1) is 13.2. The number of amides is 3. The number of imide groups is 1. The minimum Gasteiger partial charge on any atom is -0.435 e. The van der Waals surface area contributed by atoms with E-state index < -0.39 is 29.0 Å². The SMILES string of the molecule is CC1(c2ccc(OC(F)F)cc2)NC(=O)N(Cc2cccc([N+](=O)[O-])c2)C1=O. The third kappa shape index (κ3) is 3.61. The number of nitrogens with zero attached hydrogens (tertiary/aromatic N) is 2. The summed E-state index contributed by atoms with van der Waals surface area (Å²) in [6, 6.07) is 10.3. The van der Waals surface area contributed by atoms with Gasteiger partial charge in [-0.05, 0) is 30.2 Å². The molecule has 1 N–H and O–H groups in total. The fraction of sp³-hybridized carbons (Fsp3) is 0.222. The zero-order valence-electron chi connectivity index (χ0n) is 14.6. The second kappa shape index (κ2) is 7.22. The molecule has 0 spiro atoms. The number of nitro groups is 1. The maximum atomic E-state index is 12.9. The van der Waals surface area contributed by atoms with Crippen molar-refractivity contribution in [3.63, 3.8) is 0 Å². The van der Waals surface area contributed by atoms with Gasteiger partial charge < -0.3 is 10.1 Å². The highest BCUT2D eigenvalue weighted by Gasteiger charge is 2.48. The maximum absolute atomic E-state index is 12.9. The molecule has 0 aliphatic carbocycles. The molecule has 1 heterocycles. The van der Waals surface area contributed by atoms with E-state index in [1.165, 1.54) is 49.4 Å². The smallest absolute Gasteiger partial charge is 0.387 e. The van der Waals surface area contributed by atoms with E-state index in [4.69, 9.17) is 0 Å². The van der Waals surface area contributed by atoms with Gasteiger partial charge in [0.25, 0.3) is 11.6 Å². The summed E-state index contributed by atoms with van der Waals surface area (Å²) in [7, 11) is 0. The predicted octanol–water partition coefficient (Wildman–Crippen LogP) is 3.16. The number of urea groups is 1. The molecule has 0 bridgehead atoms. The lowest BCUT2D eigenvalue weighted by Gasteiger charge is -2.22. The van der Waals surface area contributed by atoms with Gasteiger partial charge in [-0.3, -0.25) is 19.8 Å². The fourth-order valence-electron chi connectivity index (χ4n) is 2.96. The molecule has 1 fully saturated rings. The second-order valence-electron chi connectivity index (χ2n) is 6.28. The van der Waals surface area contributed by atoms with Crippen molar-refractivity contribution in [1.82, 2.24) is 10.2 Å². The third-order valence-electron chi connectivity index (χ3n) is 4.39. The number of hydrogen-bond donors (Lipinski definition) is 1. The molecule has 3 rings (SSSR count). The molecule has 1 saturated heterocycles. The van der Waals surface area contributed by atoms with Gasteiger partial charge in [0, 0.05) is 12.1 Å². The van der Waals surface area contributed by atoms with Gasteiger partial charge in [-0.2, -0.15) is 8.78 Å². The molecule has 1 atom stereocenters. The van der Waals surface area contributed by atoms with Crippen LogP contribution in [-0.2, 0) is 16.9 Å². The summed E-state index contributed by atoms with van der Waals surface area (Å²) in [5, 5.41) is 13.5. The van der Waals surface area contributed by atoms with E-state index in [1.807, 2.05) is 0 Å². The van der Waals surface area contributed by atoms with Crippen LogP contribution >= 0.6 is 0 Å². The fourth-order valence-corrected chi connectivity index (χ4v) is 2.96. The number of rotatable bonds is 6. The molecule has 3 amide bonds. The van der Waals surface area contributed by atoms with E-state index in [0.717, 1.165) is 4.90 Å². The summed E-state index contributed by atoms with van der Waals surface area (Å²) in [4.78, 5) is 36.5. The van der Waals surface area contributed by atoms with Crippen molar-refractivity contribution in [2.75, 3.05) is 0 Å². The number of ether oxygens (including phenoxy) is 1.